The molecular formula is C12H17N3S. The minimum Gasteiger partial charge on any atom is -0.384 e. The van der Waals surface area contributed by atoms with Gasteiger partial charge in [-0.05, 0) is 18.4 Å². The Morgan fingerprint density at radius 3 is 2.31 bits per heavy atom. The summed E-state index contributed by atoms with van der Waals surface area (Å²) in [6.45, 7) is 4.00. The monoisotopic (exact) mass is 235 g/mol. The Hall–Kier alpha value is -1.42. The van der Waals surface area contributed by atoms with Crippen molar-refractivity contribution >= 4 is 17.6 Å². The van der Waals surface area contributed by atoms with E-state index in [0.717, 1.165) is 10.7 Å². The summed E-state index contributed by atoms with van der Waals surface area (Å²) in [5.41, 5.74) is 6.83. The third-order valence-electron chi connectivity index (χ3n) is 1.92. The van der Waals surface area contributed by atoms with Crippen LogP contribution in [0.4, 0.5) is 5.82 Å². The molecule has 0 spiro atoms. The summed E-state index contributed by atoms with van der Waals surface area (Å²) in [7, 11) is 0. The number of anilines is 1. The molecule has 86 valence electrons. The maximum Gasteiger partial charge on any atom is 0.128 e. The number of hydrogen-bond acceptors (Lipinski definition) is 3. The van der Waals surface area contributed by atoms with Gasteiger partial charge in [-0.2, -0.15) is 5.10 Å². The fraction of sp³-hybridized carbons (Fsp3) is 0.250. The van der Waals surface area contributed by atoms with Gasteiger partial charge in [0.2, 0.25) is 0 Å². The largest absolute Gasteiger partial charge is 0.384 e. The Balaban J connectivity index is 0.000000606. The van der Waals surface area contributed by atoms with Gasteiger partial charge in [-0.25, -0.2) is 4.68 Å². The number of thioether (sulfide) groups is 1. The van der Waals surface area contributed by atoms with E-state index in [2.05, 4.69) is 5.10 Å². The normalized spacial score (nSPS) is 9.44. The smallest absolute Gasteiger partial charge is 0.128 e. The Labute approximate surface area is 101 Å². The third-order valence-corrected chi connectivity index (χ3v) is 2.54. The zero-order chi connectivity index (χ0) is 12.0. The molecule has 1 aromatic heterocycles. The van der Waals surface area contributed by atoms with Crippen molar-refractivity contribution in [3.8, 4) is 5.69 Å². The van der Waals surface area contributed by atoms with Crippen LogP contribution in [-0.4, -0.2) is 16.0 Å². The summed E-state index contributed by atoms with van der Waals surface area (Å²) >= 11 is 1.59. The van der Waals surface area contributed by atoms with Crippen LogP contribution in [0.3, 0.4) is 0 Å². The molecule has 3 nitrogen and oxygen atoms in total. The summed E-state index contributed by atoms with van der Waals surface area (Å²) in [5, 5.41) is 5.29. The summed E-state index contributed by atoms with van der Waals surface area (Å²) in [5.74, 6) is 0.667. The van der Waals surface area contributed by atoms with E-state index in [1.165, 1.54) is 0 Å². The van der Waals surface area contributed by atoms with Gasteiger partial charge >= 0.3 is 0 Å². The van der Waals surface area contributed by atoms with Gasteiger partial charge in [0.15, 0.2) is 0 Å². The van der Waals surface area contributed by atoms with Crippen LogP contribution in [-0.2, 0) is 0 Å². The minimum absolute atomic E-state index is 0.667. The van der Waals surface area contributed by atoms with Gasteiger partial charge < -0.3 is 5.73 Å². The zero-order valence-corrected chi connectivity index (χ0v) is 10.7. The van der Waals surface area contributed by atoms with E-state index in [-0.39, 0.29) is 0 Å². The number of para-hydroxylation sites is 1. The Morgan fingerprint density at radius 1 is 1.19 bits per heavy atom. The van der Waals surface area contributed by atoms with E-state index in [0.29, 0.717) is 5.82 Å². The lowest BCUT2D eigenvalue weighted by molar-refractivity contribution is 0.846. The Morgan fingerprint density at radius 2 is 1.81 bits per heavy atom. The van der Waals surface area contributed by atoms with Crippen molar-refractivity contribution in [1.29, 1.82) is 0 Å². The van der Waals surface area contributed by atoms with Gasteiger partial charge in [-0.1, -0.05) is 32.0 Å². The lowest BCUT2D eigenvalue weighted by atomic mass is 10.3. The van der Waals surface area contributed by atoms with Crippen molar-refractivity contribution < 1.29 is 0 Å². The van der Waals surface area contributed by atoms with Crippen molar-refractivity contribution in [1.82, 2.24) is 9.78 Å². The molecule has 0 radical (unpaired) electrons. The molecular weight excluding hydrogens is 218 g/mol. The molecule has 0 aliphatic carbocycles. The van der Waals surface area contributed by atoms with E-state index >= 15 is 0 Å². The first kappa shape index (κ1) is 12.6. The molecule has 0 saturated heterocycles. The second-order valence-corrected chi connectivity index (χ2v) is 3.69. The number of nitrogens with zero attached hydrogens (tertiary/aromatic N) is 2. The van der Waals surface area contributed by atoms with Crippen LogP contribution in [0, 0.1) is 0 Å². The fourth-order valence-electron chi connectivity index (χ4n) is 1.25. The lowest BCUT2D eigenvalue weighted by Gasteiger charge is -2.01. The van der Waals surface area contributed by atoms with E-state index in [1.54, 1.807) is 16.4 Å². The maximum absolute atomic E-state index is 5.84. The lowest BCUT2D eigenvalue weighted by Crippen LogP contribution is -2.00. The average Bonchev–Trinajstić information content (AvgIpc) is 2.74. The highest BCUT2D eigenvalue weighted by Crippen LogP contribution is 2.19. The van der Waals surface area contributed by atoms with Crippen LogP contribution in [0.1, 0.15) is 13.8 Å². The fourth-order valence-corrected chi connectivity index (χ4v) is 1.65. The van der Waals surface area contributed by atoms with Gasteiger partial charge in [-0.3, -0.25) is 0 Å². The second-order valence-electron chi connectivity index (χ2n) is 2.86. The second kappa shape index (κ2) is 6.23. The molecule has 2 aromatic rings. The molecule has 2 N–H and O–H groups in total. The first-order valence-corrected chi connectivity index (χ1v) is 6.48. The summed E-state index contributed by atoms with van der Waals surface area (Å²) < 4.78 is 1.74. The number of rotatable bonds is 2. The van der Waals surface area contributed by atoms with E-state index in [4.69, 9.17) is 5.73 Å². The Bertz CT molecular complexity index is 423. The molecule has 0 saturated carbocycles. The summed E-state index contributed by atoms with van der Waals surface area (Å²) in [4.78, 5) is 0. The van der Waals surface area contributed by atoms with Gasteiger partial charge in [-0.15, -0.1) is 11.8 Å². The zero-order valence-electron chi connectivity index (χ0n) is 9.84. The summed E-state index contributed by atoms with van der Waals surface area (Å²) in [6.07, 6.45) is 1.98. The summed E-state index contributed by atoms with van der Waals surface area (Å²) in [6, 6.07) is 11.7. The molecule has 0 aliphatic rings. The van der Waals surface area contributed by atoms with E-state index in [1.807, 2.05) is 56.5 Å². The molecule has 0 fully saturated rings. The topological polar surface area (TPSA) is 43.8 Å². The van der Waals surface area contributed by atoms with Gasteiger partial charge in [0.05, 0.1) is 5.69 Å². The van der Waals surface area contributed by atoms with Crippen LogP contribution >= 0.6 is 11.8 Å². The molecule has 0 unspecified atom stereocenters. The number of aromatic nitrogens is 2. The molecule has 0 atom stereocenters. The predicted octanol–water partition coefficient (Wildman–Crippen LogP) is 3.20. The maximum atomic E-state index is 5.84. The van der Waals surface area contributed by atoms with Crippen LogP contribution in [0.25, 0.3) is 5.69 Å². The highest BCUT2D eigenvalue weighted by Gasteiger charge is 2.04. The van der Waals surface area contributed by atoms with Gasteiger partial charge in [0.25, 0.3) is 0 Å². The van der Waals surface area contributed by atoms with Gasteiger partial charge in [0, 0.05) is 6.07 Å². The first-order valence-electron chi connectivity index (χ1n) is 5.26. The molecule has 0 aliphatic heterocycles. The van der Waals surface area contributed by atoms with Crippen LogP contribution in [0.15, 0.2) is 41.4 Å². The first-order chi connectivity index (χ1) is 7.81. The van der Waals surface area contributed by atoms with Crippen LogP contribution in [0.5, 0.6) is 0 Å². The van der Waals surface area contributed by atoms with Crippen molar-refractivity contribution in [2.24, 2.45) is 0 Å². The van der Waals surface area contributed by atoms with Gasteiger partial charge in [0.1, 0.15) is 10.8 Å². The SMILES string of the molecule is CC.CSc1cc(N)n(-c2ccccc2)n1. The molecule has 0 amide bonds. The van der Waals surface area contributed by atoms with Crippen LogP contribution < -0.4 is 5.73 Å². The predicted molar refractivity (Wildman–Crippen MR) is 71.1 cm³/mol. The van der Waals surface area contributed by atoms with Crippen molar-refractivity contribution in [2.75, 3.05) is 12.0 Å². The quantitative estimate of drug-likeness (QED) is 0.813. The minimum atomic E-state index is 0.667. The highest BCUT2D eigenvalue weighted by atomic mass is 32.2. The Kier molecular flexibility index (Phi) is 4.92. The molecule has 2 rings (SSSR count). The molecule has 0 bridgehead atoms. The van der Waals surface area contributed by atoms with Crippen LogP contribution in [0.2, 0.25) is 0 Å². The molecule has 16 heavy (non-hydrogen) atoms. The average molecular weight is 235 g/mol. The number of nitrogen functional groups attached to an aromatic ring is 1. The molecule has 1 aromatic carbocycles. The van der Waals surface area contributed by atoms with E-state index < -0.39 is 0 Å². The number of benzene rings is 1. The number of nitrogens with two attached hydrogens (primary N) is 1. The van der Waals surface area contributed by atoms with Crippen molar-refractivity contribution in [3.63, 3.8) is 0 Å². The highest BCUT2D eigenvalue weighted by molar-refractivity contribution is 7.98. The number of hydrogen-bond donors (Lipinski definition) is 1. The van der Waals surface area contributed by atoms with E-state index in [9.17, 15) is 0 Å². The van der Waals surface area contributed by atoms with Crippen molar-refractivity contribution in [3.05, 3.63) is 36.4 Å². The third kappa shape index (κ3) is 2.79. The van der Waals surface area contributed by atoms with Crippen molar-refractivity contribution in [2.45, 2.75) is 18.9 Å². The standard InChI is InChI=1S/C10H11N3S.C2H6/c1-14-10-7-9(11)13(12-10)8-5-3-2-4-6-8;1-2/h2-7H,11H2,1H3;1-2H3. The molecule has 4 heteroatoms. The molecule has 1 heterocycles.